The monoisotopic (exact) mass is 243 g/mol. The van der Waals surface area contributed by atoms with E-state index in [-0.39, 0.29) is 11.5 Å². The maximum Gasteiger partial charge on any atom is 0.0616 e. The van der Waals surface area contributed by atoms with Crippen LogP contribution in [0.1, 0.15) is 27.7 Å². The summed E-state index contributed by atoms with van der Waals surface area (Å²) < 4.78 is 0. The standard InChI is InChI=1S/C13H25NOS/c1-10(2)11(8-15)6-7-12-9-16-13(3,4)14(12)5/h6-7,10-12,15H,8-9H2,1-5H3/b7-6+/t11-,12?/m1/s1. The third-order valence-electron chi connectivity index (χ3n) is 3.60. The largest absolute Gasteiger partial charge is 0.396 e. The molecule has 3 heteroatoms. The Morgan fingerprint density at radius 2 is 2.12 bits per heavy atom. The Morgan fingerprint density at radius 1 is 1.50 bits per heavy atom. The third-order valence-corrected chi connectivity index (χ3v) is 5.10. The predicted octanol–water partition coefficient (Wildman–Crippen LogP) is 2.59. The smallest absolute Gasteiger partial charge is 0.0616 e. The van der Waals surface area contributed by atoms with Gasteiger partial charge in [-0.1, -0.05) is 26.0 Å². The SMILES string of the molecule is CC(C)[C@H](/C=C/C1CSC(C)(C)N1C)CO. The molecule has 1 unspecified atom stereocenters. The number of aliphatic hydroxyl groups excluding tert-OH is 1. The highest BCUT2D eigenvalue weighted by atomic mass is 32.2. The lowest BCUT2D eigenvalue weighted by atomic mass is 9.95. The average molecular weight is 243 g/mol. The molecule has 0 bridgehead atoms. The Bertz CT molecular complexity index is 250. The van der Waals surface area contributed by atoms with Gasteiger partial charge in [0, 0.05) is 24.3 Å². The van der Waals surface area contributed by atoms with Gasteiger partial charge in [0.15, 0.2) is 0 Å². The molecule has 1 N–H and O–H groups in total. The topological polar surface area (TPSA) is 23.5 Å². The van der Waals surface area contributed by atoms with E-state index in [9.17, 15) is 5.11 Å². The summed E-state index contributed by atoms with van der Waals surface area (Å²) in [6.07, 6.45) is 4.45. The maximum absolute atomic E-state index is 9.27. The number of hydrogen-bond acceptors (Lipinski definition) is 3. The molecule has 2 atom stereocenters. The third kappa shape index (κ3) is 3.25. The summed E-state index contributed by atoms with van der Waals surface area (Å²) in [6.45, 7) is 9.08. The highest BCUT2D eigenvalue weighted by Gasteiger charge is 2.35. The van der Waals surface area contributed by atoms with Gasteiger partial charge in [-0.2, -0.15) is 0 Å². The summed E-state index contributed by atoms with van der Waals surface area (Å²) in [7, 11) is 2.18. The van der Waals surface area contributed by atoms with E-state index in [0.29, 0.717) is 17.9 Å². The minimum atomic E-state index is 0.238. The first-order valence-corrected chi connectivity index (χ1v) is 7.03. The number of thioether (sulfide) groups is 1. The molecule has 1 fully saturated rings. The Morgan fingerprint density at radius 3 is 2.50 bits per heavy atom. The lowest BCUT2D eigenvalue weighted by Gasteiger charge is -2.29. The number of hydrogen-bond donors (Lipinski definition) is 1. The van der Waals surface area contributed by atoms with Gasteiger partial charge in [-0.05, 0) is 26.8 Å². The molecule has 1 aliphatic rings. The zero-order chi connectivity index (χ0) is 12.3. The first-order chi connectivity index (χ1) is 7.38. The van der Waals surface area contributed by atoms with Gasteiger partial charge < -0.3 is 5.11 Å². The van der Waals surface area contributed by atoms with Crippen molar-refractivity contribution in [2.24, 2.45) is 11.8 Å². The summed E-state index contributed by atoms with van der Waals surface area (Å²) in [4.78, 5) is 2.64. The van der Waals surface area contributed by atoms with E-state index in [1.807, 2.05) is 11.8 Å². The van der Waals surface area contributed by atoms with Crippen LogP contribution >= 0.6 is 11.8 Å². The second-order valence-corrected chi connectivity index (χ2v) is 7.03. The van der Waals surface area contributed by atoms with E-state index in [2.05, 4.69) is 51.8 Å². The molecule has 0 aromatic rings. The Labute approximate surface area is 104 Å². The van der Waals surface area contributed by atoms with E-state index < -0.39 is 0 Å². The van der Waals surface area contributed by atoms with Crippen molar-refractivity contribution in [1.82, 2.24) is 4.90 Å². The van der Waals surface area contributed by atoms with E-state index in [1.165, 1.54) is 0 Å². The van der Waals surface area contributed by atoms with Crippen LogP contribution in [0.2, 0.25) is 0 Å². The van der Waals surface area contributed by atoms with Crippen LogP contribution in [0.15, 0.2) is 12.2 Å². The van der Waals surface area contributed by atoms with Crippen LogP contribution in [0.25, 0.3) is 0 Å². The van der Waals surface area contributed by atoms with Crippen molar-refractivity contribution in [2.45, 2.75) is 38.6 Å². The minimum absolute atomic E-state index is 0.238. The van der Waals surface area contributed by atoms with E-state index >= 15 is 0 Å². The number of likely N-dealkylation sites (N-methyl/N-ethyl adjacent to an activating group) is 1. The van der Waals surface area contributed by atoms with Gasteiger partial charge in [-0.3, -0.25) is 4.90 Å². The van der Waals surface area contributed by atoms with Crippen LogP contribution in [-0.2, 0) is 0 Å². The second-order valence-electron chi connectivity index (χ2n) is 5.41. The molecular formula is C13H25NOS. The van der Waals surface area contributed by atoms with Crippen LogP contribution in [0.4, 0.5) is 0 Å². The Balaban J connectivity index is 2.58. The molecule has 2 nitrogen and oxygen atoms in total. The zero-order valence-corrected chi connectivity index (χ0v) is 11.9. The van der Waals surface area contributed by atoms with E-state index in [4.69, 9.17) is 0 Å². The van der Waals surface area contributed by atoms with E-state index in [0.717, 1.165) is 5.75 Å². The molecule has 0 aromatic carbocycles. The number of aliphatic hydroxyl groups is 1. The van der Waals surface area contributed by atoms with Crippen molar-refractivity contribution in [1.29, 1.82) is 0 Å². The molecule has 16 heavy (non-hydrogen) atoms. The van der Waals surface area contributed by atoms with Gasteiger partial charge in [0.25, 0.3) is 0 Å². The van der Waals surface area contributed by atoms with Crippen molar-refractivity contribution in [3.63, 3.8) is 0 Å². The van der Waals surface area contributed by atoms with Crippen LogP contribution in [0.5, 0.6) is 0 Å². The normalized spacial score (nSPS) is 28.1. The first-order valence-electron chi connectivity index (χ1n) is 6.04. The molecule has 1 rings (SSSR count). The highest BCUT2D eigenvalue weighted by molar-refractivity contribution is 8.00. The molecule has 1 saturated heterocycles. The quantitative estimate of drug-likeness (QED) is 0.768. The molecule has 1 aliphatic heterocycles. The fraction of sp³-hybridized carbons (Fsp3) is 0.846. The molecule has 1 heterocycles. The van der Waals surface area contributed by atoms with Crippen LogP contribution in [-0.4, -0.2) is 40.3 Å². The molecule has 0 spiro atoms. The van der Waals surface area contributed by atoms with Crippen molar-refractivity contribution in [3.05, 3.63) is 12.2 Å². The summed E-state index contributed by atoms with van der Waals surface area (Å²) >= 11 is 2.00. The van der Waals surface area contributed by atoms with Crippen molar-refractivity contribution in [2.75, 3.05) is 19.4 Å². The van der Waals surface area contributed by atoms with Crippen LogP contribution < -0.4 is 0 Å². The van der Waals surface area contributed by atoms with Gasteiger partial charge in [0.05, 0.1) is 4.87 Å². The fourth-order valence-corrected chi connectivity index (χ4v) is 3.10. The number of nitrogens with zero attached hydrogens (tertiary/aromatic N) is 1. The Kier molecular flexibility index (Phi) is 4.89. The second kappa shape index (κ2) is 5.56. The molecule has 0 amide bonds. The number of rotatable bonds is 4. The first kappa shape index (κ1) is 14.1. The molecule has 0 radical (unpaired) electrons. The van der Waals surface area contributed by atoms with Gasteiger partial charge in [0.2, 0.25) is 0 Å². The zero-order valence-electron chi connectivity index (χ0n) is 11.1. The van der Waals surface area contributed by atoms with E-state index in [1.54, 1.807) is 0 Å². The molecule has 94 valence electrons. The average Bonchev–Trinajstić information content (AvgIpc) is 2.45. The van der Waals surface area contributed by atoms with Crippen LogP contribution in [0, 0.1) is 11.8 Å². The van der Waals surface area contributed by atoms with Gasteiger partial charge in [0.1, 0.15) is 0 Å². The molecule has 0 saturated carbocycles. The van der Waals surface area contributed by atoms with Gasteiger partial charge >= 0.3 is 0 Å². The summed E-state index contributed by atoms with van der Waals surface area (Å²) in [5.41, 5.74) is 0. The van der Waals surface area contributed by atoms with Crippen molar-refractivity contribution < 1.29 is 5.11 Å². The van der Waals surface area contributed by atoms with Gasteiger partial charge in [-0.15, -0.1) is 11.8 Å². The highest BCUT2D eigenvalue weighted by Crippen LogP contribution is 2.37. The maximum atomic E-state index is 9.27. The molecule has 0 aromatic heterocycles. The predicted molar refractivity (Wildman–Crippen MR) is 72.6 cm³/mol. The Hall–Kier alpha value is 0.01000. The lowest BCUT2D eigenvalue weighted by molar-refractivity contribution is 0.217. The lowest BCUT2D eigenvalue weighted by Crippen LogP contribution is -2.37. The molecule has 0 aliphatic carbocycles. The fourth-order valence-electron chi connectivity index (χ4n) is 1.85. The summed E-state index contributed by atoms with van der Waals surface area (Å²) in [6, 6.07) is 0.507. The van der Waals surface area contributed by atoms with Gasteiger partial charge in [-0.25, -0.2) is 0 Å². The minimum Gasteiger partial charge on any atom is -0.396 e. The summed E-state index contributed by atoms with van der Waals surface area (Å²) in [5.74, 6) is 1.95. The summed E-state index contributed by atoms with van der Waals surface area (Å²) in [5, 5.41) is 9.27. The van der Waals surface area contributed by atoms with Crippen molar-refractivity contribution >= 4 is 11.8 Å². The van der Waals surface area contributed by atoms with Crippen LogP contribution in [0.3, 0.4) is 0 Å². The molecular weight excluding hydrogens is 218 g/mol. The van der Waals surface area contributed by atoms with Crippen molar-refractivity contribution in [3.8, 4) is 0 Å².